The van der Waals surface area contributed by atoms with E-state index in [2.05, 4.69) is 4.72 Å². The van der Waals surface area contributed by atoms with Gasteiger partial charge in [-0.3, -0.25) is 0 Å². The Morgan fingerprint density at radius 3 is 2.68 bits per heavy atom. The Bertz CT molecular complexity index is 714. The number of fused-ring (bicyclic) bond motifs is 1. The number of sulfone groups is 1. The molecule has 1 atom stereocenters. The van der Waals surface area contributed by atoms with Gasteiger partial charge in [0.1, 0.15) is 5.25 Å². The molecule has 0 saturated heterocycles. The molecule has 0 aliphatic carbocycles. The maximum Gasteiger partial charge on any atom is 0.219 e. The standard InChI is InChI=1S/C13H19NO6S2/c1-19-8-9-20-7-6-14-22(17,18)13-10-21(15,16)12-5-3-2-4-11(12)13/h2-5,13-14H,6-10H2,1H3/t13-/m0/s1. The summed E-state index contributed by atoms with van der Waals surface area (Å²) in [7, 11) is -5.78. The highest BCUT2D eigenvalue weighted by Crippen LogP contribution is 2.37. The Kier molecular flexibility index (Phi) is 5.56. The highest BCUT2D eigenvalue weighted by Gasteiger charge is 2.41. The molecule has 0 fully saturated rings. The number of methoxy groups -OCH3 is 1. The number of hydrogen-bond donors (Lipinski definition) is 1. The van der Waals surface area contributed by atoms with E-state index in [0.717, 1.165) is 0 Å². The van der Waals surface area contributed by atoms with Crippen LogP contribution in [0.1, 0.15) is 10.8 Å². The molecule has 1 aliphatic rings. The number of sulfonamides is 1. The van der Waals surface area contributed by atoms with Crippen LogP contribution in [0.3, 0.4) is 0 Å². The van der Waals surface area contributed by atoms with E-state index >= 15 is 0 Å². The average Bonchev–Trinajstić information content (AvgIpc) is 2.76. The molecule has 9 heteroatoms. The van der Waals surface area contributed by atoms with Crippen LogP contribution in [-0.2, 0) is 29.3 Å². The predicted octanol–water partition coefficient (Wildman–Crippen LogP) is 0.0974. The highest BCUT2D eigenvalue weighted by atomic mass is 32.2. The van der Waals surface area contributed by atoms with Gasteiger partial charge in [0.2, 0.25) is 10.0 Å². The van der Waals surface area contributed by atoms with Crippen LogP contribution < -0.4 is 4.72 Å². The lowest BCUT2D eigenvalue weighted by Gasteiger charge is -2.13. The molecule has 2 rings (SSSR count). The average molecular weight is 349 g/mol. The summed E-state index contributed by atoms with van der Waals surface area (Å²) in [6.45, 7) is 1.09. The Labute approximate surface area is 130 Å². The highest BCUT2D eigenvalue weighted by molar-refractivity contribution is 7.95. The van der Waals surface area contributed by atoms with Gasteiger partial charge in [0.25, 0.3) is 0 Å². The fourth-order valence-electron chi connectivity index (χ4n) is 2.27. The molecule has 1 heterocycles. The Hall–Kier alpha value is -1.00. The summed E-state index contributed by atoms with van der Waals surface area (Å²) < 4.78 is 61.1. The molecule has 1 aromatic rings. The summed E-state index contributed by atoms with van der Waals surface area (Å²) in [6, 6.07) is 6.20. The Morgan fingerprint density at radius 2 is 1.95 bits per heavy atom. The van der Waals surface area contributed by atoms with E-state index in [1.807, 2.05) is 0 Å². The molecule has 0 spiro atoms. The van der Waals surface area contributed by atoms with Crippen LogP contribution >= 0.6 is 0 Å². The maximum atomic E-state index is 12.3. The molecular formula is C13H19NO6S2. The summed E-state index contributed by atoms with van der Waals surface area (Å²) >= 11 is 0. The quantitative estimate of drug-likeness (QED) is 0.668. The molecule has 0 amide bonds. The van der Waals surface area contributed by atoms with E-state index in [1.165, 1.54) is 6.07 Å². The van der Waals surface area contributed by atoms with Gasteiger partial charge in [0, 0.05) is 13.7 Å². The van der Waals surface area contributed by atoms with Crippen LogP contribution in [0, 0.1) is 0 Å². The molecule has 1 N–H and O–H groups in total. The molecule has 0 radical (unpaired) electrons. The minimum absolute atomic E-state index is 0.0881. The second-order valence-corrected chi connectivity index (χ2v) is 8.80. The maximum absolute atomic E-state index is 12.3. The Morgan fingerprint density at radius 1 is 1.23 bits per heavy atom. The van der Waals surface area contributed by atoms with Crippen molar-refractivity contribution in [3.63, 3.8) is 0 Å². The molecule has 1 aliphatic heterocycles. The number of rotatable bonds is 8. The van der Waals surface area contributed by atoms with Gasteiger partial charge < -0.3 is 9.47 Å². The van der Waals surface area contributed by atoms with E-state index in [-0.39, 0.29) is 18.0 Å². The minimum atomic E-state index is -3.78. The largest absolute Gasteiger partial charge is 0.382 e. The van der Waals surface area contributed by atoms with Crippen molar-refractivity contribution in [1.82, 2.24) is 4.72 Å². The SMILES string of the molecule is COCCOCCNS(=O)(=O)[C@H]1CS(=O)(=O)c2ccccc21. The molecule has 0 aromatic heterocycles. The van der Waals surface area contributed by atoms with E-state index in [1.54, 1.807) is 25.3 Å². The predicted molar refractivity (Wildman–Crippen MR) is 80.9 cm³/mol. The van der Waals surface area contributed by atoms with Crippen molar-refractivity contribution >= 4 is 19.9 Å². The van der Waals surface area contributed by atoms with E-state index in [0.29, 0.717) is 18.8 Å². The van der Waals surface area contributed by atoms with E-state index in [4.69, 9.17) is 9.47 Å². The van der Waals surface area contributed by atoms with Crippen molar-refractivity contribution in [2.24, 2.45) is 0 Å². The Balaban J connectivity index is 2.02. The van der Waals surface area contributed by atoms with Crippen molar-refractivity contribution < 1.29 is 26.3 Å². The summed E-state index contributed by atoms with van der Waals surface area (Å²) in [5, 5.41) is -1.08. The van der Waals surface area contributed by atoms with E-state index in [9.17, 15) is 16.8 Å². The van der Waals surface area contributed by atoms with Crippen molar-refractivity contribution in [2.75, 3.05) is 39.2 Å². The molecule has 124 valence electrons. The van der Waals surface area contributed by atoms with Gasteiger partial charge in [0.15, 0.2) is 9.84 Å². The lowest BCUT2D eigenvalue weighted by molar-refractivity contribution is 0.0736. The van der Waals surface area contributed by atoms with E-state index < -0.39 is 30.9 Å². The van der Waals surface area contributed by atoms with Gasteiger partial charge in [-0.15, -0.1) is 0 Å². The molecular weight excluding hydrogens is 330 g/mol. The zero-order valence-corrected chi connectivity index (χ0v) is 13.8. The van der Waals surface area contributed by atoms with Crippen molar-refractivity contribution in [3.05, 3.63) is 29.8 Å². The first kappa shape index (κ1) is 17.4. The third-order valence-electron chi connectivity index (χ3n) is 3.33. The molecule has 0 saturated carbocycles. The fourth-order valence-corrected chi connectivity index (χ4v) is 6.32. The van der Waals surface area contributed by atoms with Crippen LogP contribution in [0.4, 0.5) is 0 Å². The van der Waals surface area contributed by atoms with Crippen molar-refractivity contribution in [2.45, 2.75) is 10.1 Å². The van der Waals surface area contributed by atoms with Gasteiger partial charge in [-0.1, -0.05) is 18.2 Å². The van der Waals surface area contributed by atoms with Gasteiger partial charge in [0.05, 0.1) is 30.5 Å². The smallest absolute Gasteiger partial charge is 0.219 e. The number of nitrogens with one attached hydrogen (secondary N) is 1. The molecule has 0 bridgehead atoms. The van der Waals surface area contributed by atoms with Crippen molar-refractivity contribution in [3.8, 4) is 0 Å². The van der Waals surface area contributed by atoms with Gasteiger partial charge in [-0.05, 0) is 11.6 Å². The number of hydrogen-bond acceptors (Lipinski definition) is 6. The van der Waals surface area contributed by atoms with Crippen LogP contribution in [0.2, 0.25) is 0 Å². The second kappa shape index (κ2) is 7.05. The number of benzene rings is 1. The monoisotopic (exact) mass is 349 g/mol. The zero-order chi connectivity index (χ0) is 16.2. The van der Waals surface area contributed by atoms with Gasteiger partial charge in [-0.25, -0.2) is 21.6 Å². The molecule has 22 heavy (non-hydrogen) atoms. The fraction of sp³-hybridized carbons (Fsp3) is 0.538. The van der Waals surface area contributed by atoms with Gasteiger partial charge >= 0.3 is 0 Å². The molecule has 1 aromatic carbocycles. The molecule has 0 unspecified atom stereocenters. The van der Waals surface area contributed by atoms with Crippen LogP contribution in [0.15, 0.2) is 29.2 Å². The van der Waals surface area contributed by atoms with Crippen LogP contribution in [-0.4, -0.2) is 56.1 Å². The number of ether oxygens (including phenoxy) is 2. The first-order valence-corrected chi connectivity index (χ1v) is 9.95. The summed E-state index contributed by atoms with van der Waals surface area (Å²) in [4.78, 5) is 0.0988. The normalized spacial score (nSPS) is 20.0. The third kappa shape index (κ3) is 3.85. The summed E-state index contributed by atoms with van der Waals surface area (Å²) in [6.07, 6.45) is 0. The lowest BCUT2D eigenvalue weighted by Crippen LogP contribution is -2.32. The van der Waals surface area contributed by atoms with Crippen LogP contribution in [0.5, 0.6) is 0 Å². The lowest BCUT2D eigenvalue weighted by atomic mass is 10.2. The zero-order valence-electron chi connectivity index (χ0n) is 12.2. The third-order valence-corrected chi connectivity index (χ3v) is 7.13. The first-order valence-electron chi connectivity index (χ1n) is 6.75. The second-order valence-electron chi connectivity index (χ2n) is 4.85. The van der Waals surface area contributed by atoms with Crippen LogP contribution in [0.25, 0.3) is 0 Å². The van der Waals surface area contributed by atoms with Crippen molar-refractivity contribution in [1.29, 1.82) is 0 Å². The molecule has 7 nitrogen and oxygen atoms in total. The minimum Gasteiger partial charge on any atom is -0.382 e. The summed E-state index contributed by atoms with van der Waals surface area (Å²) in [5.74, 6) is -0.424. The topological polar surface area (TPSA) is 98.8 Å². The first-order chi connectivity index (χ1) is 10.4. The van der Waals surface area contributed by atoms with Gasteiger partial charge in [-0.2, -0.15) is 0 Å². The summed E-state index contributed by atoms with van der Waals surface area (Å²) in [5.41, 5.74) is 0.329.